The predicted molar refractivity (Wildman–Crippen MR) is 86.7 cm³/mol. The summed E-state index contributed by atoms with van der Waals surface area (Å²) in [5.74, 6) is -6.25. The Balaban J connectivity index is 2.78. The average Bonchev–Trinajstić information content (AvgIpc) is 2.89. The first-order valence-electron chi connectivity index (χ1n) is 7.51. The van der Waals surface area contributed by atoms with Gasteiger partial charge in [-0.05, 0) is 25.3 Å². The monoisotopic (exact) mass is 343 g/mol. The summed E-state index contributed by atoms with van der Waals surface area (Å²) >= 11 is 0. The normalized spacial score (nSPS) is 13.5. The summed E-state index contributed by atoms with van der Waals surface area (Å²) in [5, 5.41) is 3.00. The Hall–Kier alpha value is -1.89. The zero-order valence-corrected chi connectivity index (χ0v) is 14.1. The maximum absolute atomic E-state index is 14.2. The third-order valence-electron chi connectivity index (χ3n) is 3.97. The quantitative estimate of drug-likeness (QED) is 0.601. The summed E-state index contributed by atoms with van der Waals surface area (Å²) in [6.45, 7) is 8.07. The maximum Gasteiger partial charge on any atom is 0.293 e. The van der Waals surface area contributed by atoms with Gasteiger partial charge in [-0.2, -0.15) is 8.78 Å². The molecule has 0 fully saturated rings. The molecule has 2 N–H and O–H groups in total. The number of fused-ring (bicyclic) bond motifs is 1. The summed E-state index contributed by atoms with van der Waals surface area (Å²) in [7, 11) is 1.76. The van der Waals surface area contributed by atoms with E-state index < -0.39 is 28.4 Å². The van der Waals surface area contributed by atoms with Gasteiger partial charge in [0.1, 0.15) is 5.82 Å². The zero-order chi connectivity index (χ0) is 18.3. The summed E-state index contributed by atoms with van der Waals surface area (Å²) in [6, 6.07) is 1.98. The number of hydrogen-bond acceptors (Lipinski definition) is 2. The van der Waals surface area contributed by atoms with Crippen molar-refractivity contribution in [1.29, 1.82) is 0 Å². The fourth-order valence-electron chi connectivity index (χ4n) is 2.58. The van der Waals surface area contributed by atoms with Crippen molar-refractivity contribution in [3.05, 3.63) is 41.7 Å². The first-order valence-corrected chi connectivity index (χ1v) is 7.51. The highest BCUT2D eigenvalue weighted by Gasteiger charge is 2.36. The van der Waals surface area contributed by atoms with Crippen LogP contribution >= 0.6 is 0 Å². The second-order valence-corrected chi connectivity index (χ2v) is 6.64. The first-order chi connectivity index (χ1) is 10.9. The third-order valence-corrected chi connectivity index (χ3v) is 3.97. The molecule has 3 nitrogen and oxygen atoms in total. The van der Waals surface area contributed by atoms with Gasteiger partial charge < -0.3 is 10.3 Å². The van der Waals surface area contributed by atoms with Crippen LogP contribution in [0.15, 0.2) is 24.8 Å². The highest BCUT2D eigenvalue weighted by atomic mass is 19.3. The Labute approximate surface area is 138 Å². The Morgan fingerprint density at radius 1 is 1.21 bits per heavy atom. The van der Waals surface area contributed by atoms with Crippen molar-refractivity contribution in [1.82, 2.24) is 15.3 Å². The number of halogens is 4. The molecule has 1 aromatic heterocycles. The van der Waals surface area contributed by atoms with Crippen LogP contribution in [0.3, 0.4) is 0 Å². The molecule has 2 rings (SSSR count). The number of aromatic nitrogens is 2. The largest absolute Gasteiger partial charge is 0.341 e. The fraction of sp³-hybridized carbons (Fsp3) is 0.471. The van der Waals surface area contributed by atoms with Crippen LogP contribution in [0, 0.1) is 0 Å². The average molecular weight is 343 g/mol. The molecule has 1 aromatic carbocycles. The highest BCUT2D eigenvalue weighted by molar-refractivity contribution is 5.81. The molecular formula is C17H21F4N3. The van der Waals surface area contributed by atoms with Gasteiger partial charge in [-0.3, -0.25) is 0 Å². The lowest BCUT2D eigenvalue weighted by Crippen LogP contribution is -2.31. The van der Waals surface area contributed by atoms with Crippen LogP contribution in [-0.2, 0) is 17.3 Å². The van der Waals surface area contributed by atoms with E-state index in [9.17, 15) is 17.6 Å². The van der Waals surface area contributed by atoms with Gasteiger partial charge in [0.25, 0.3) is 11.8 Å². The minimum Gasteiger partial charge on any atom is -0.341 e. The number of alkyl halides is 4. The summed E-state index contributed by atoms with van der Waals surface area (Å²) < 4.78 is 55.8. The first kappa shape index (κ1) is 18.4. The number of nitrogens with one attached hydrogen (secondary N) is 2. The molecule has 0 unspecified atom stereocenters. The molecule has 0 amide bonds. The summed E-state index contributed by atoms with van der Waals surface area (Å²) in [5.41, 5.74) is -1.41. The SMILES string of the molecule is C=CC(F)(F)c1cc(C(C)(F)F)cc2[nH]c(C(C)(C)CNC)nc12. The number of imidazole rings is 1. The number of rotatable bonds is 6. The van der Waals surface area contributed by atoms with Crippen LogP contribution in [0.2, 0.25) is 0 Å². The number of allylic oxidation sites excluding steroid dienone is 1. The molecule has 0 saturated carbocycles. The van der Waals surface area contributed by atoms with Gasteiger partial charge in [0.05, 0.1) is 16.6 Å². The molecule has 1 heterocycles. The lowest BCUT2D eigenvalue weighted by atomic mass is 9.93. The fourth-order valence-corrected chi connectivity index (χ4v) is 2.58. The summed E-state index contributed by atoms with van der Waals surface area (Å²) in [6.07, 6.45) is 0.437. The Morgan fingerprint density at radius 3 is 2.33 bits per heavy atom. The molecule has 0 aliphatic heterocycles. The van der Waals surface area contributed by atoms with Gasteiger partial charge in [0, 0.05) is 24.4 Å². The second kappa shape index (κ2) is 5.88. The number of likely N-dealkylation sites (N-methyl/N-ethyl adjacent to an activating group) is 1. The molecule has 7 heteroatoms. The van der Waals surface area contributed by atoms with E-state index in [1.54, 1.807) is 7.05 Å². The Kier molecular flexibility index (Phi) is 4.52. The van der Waals surface area contributed by atoms with E-state index in [1.807, 2.05) is 13.8 Å². The van der Waals surface area contributed by atoms with Crippen molar-refractivity contribution in [2.45, 2.75) is 38.0 Å². The topological polar surface area (TPSA) is 40.7 Å². The standard InChI is InChI=1S/C17H21F4N3/c1-6-17(20,21)11-7-10(16(4,18)19)8-12-13(11)24-14(23-12)15(2,3)9-22-5/h6-8,22H,1,9H2,2-5H3,(H,23,24). The van der Waals surface area contributed by atoms with E-state index in [0.717, 1.165) is 6.07 Å². The maximum atomic E-state index is 14.2. The van der Waals surface area contributed by atoms with Crippen molar-refractivity contribution in [3.8, 4) is 0 Å². The minimum absolute atomic E-state index is 0.0212. The molecule has 0 aliphatic rings. The molecule has 0 atom stereocenters. The van der Waals surface area contributed by atoms with Gasteiger partial charge in [-0.25, -0.2) is 13.8 Å². The molecule has 24 heavy (non-hydrogen) atoms. The van der Waals surface area contributed by atoms with E-state index in [1.165, 1.54) is 6.07 Å². The lowest BCUT2D eigenvalue weighted by molar-refractivity contribution is 0.0164. The molecule has 0 spiro atoms. The molecular weight excluding hydrogens is 322 g/mol. The number of aromatic amines is 1. The molecule has 0 radical (unpaired) electrons. The van der Waals surface area contributed by atoms with Gasteiger partial charge in [0.15, 0.2) is 0 Å². The van der Waals surface area contributed by atoms with Crippen LogP contribution in [-0.4, -0.2) is 23.6 Å². The molecule has 0 bridgehead atoms. The van der Waals surface area contributed by atoms with Crippen LogP contribution < -0.4 is 5.32 Å². The summed E-state index contributed by atoms with van der Waals surface area (Å²) in [4.78, 5) is 7.19. The molecule has 0 aliphatic carbocycles. The van der Waals surface area contributed by atoms with Crippen LogP contribution in [0.5, 0.6) is 0 Å². The van der Waals surface area contributed by atoms with Crippen molar-refractivity contribution >= 4 is 11.0 Å². The van der Waals surface area contributed by atoms with Crippen LogP contribution in [0.1, 0.15) is 37.7 Å². The van der Waals surface area contributed by atoms with Crippen molar-refractivity contribution < 1.29 is 17.6 Å². The van der Waals surface area contributed by atoms with E-state index in [4.69, 9.17) is 0 Å². The van der Waals surface area contributed by atoms with Crippen LogP contribution in [0.4, 0.5) is 17.6 Å². The van der Waals surface area contributed by atoms with Gasteiger partial charge >= 0.3 is 0 Å². The van der Waals surface area contributed by atoms with E-state index in [2.05, 4.69) is 21.9 Å². The molecule has 0 saturated heterocycles. The van der Waals surface area contributed by atoms with Crippen LogP contribution in [0.25, 0.3) is 11.0 Å². The Morgan fingerprint density at radius 2 is 1.83 bits per heavy atom. The van der Waals surface area contributed by atoms with Crippen molar-refractivity contribution in [2.75, 3.05) is 13.6 Å². The van der Waals surface area contributed by atoms with Crippen molar-refractivity contribution in [2.24, 2.45) is 0 Å². The van der Waals surface area contributed by atoms with E-state index in [-0.39, 0.29) is 11.0 Å². The number of benzene rings is 1. The van der Waals surface area contributed by atoms with Gasteiger partial charge in [0.2, 0.25) is 0 Å². The number of H-pyrrole nitrogens is 1. The van der Waals surface area contributed by atoms with Crippen molar-refractivity contribution in [3.63, 3.8) is 0 Å². The van der Waals surface area contributed by atoms with E-state index >= 15 is 0 Å². The molecule has 2 aromatic rings. The lowest BCUT2D eigenvalue weighted by Gasteiger charge is -2.21. The Bertz CT molecular complexity index is 757. The van der Waals surface area contributed by atoms with E-state index in [0.29, 0.717) is 25.4 Å². The predicted octanol–water partition coefficient (Wildman–Crippen LogP) is 4.45. The third kappa shape index (κ3) is 3.31. The highest BCUT2D eigenvalue weighted by Crippen LogP contribution is 2.39. The minimum atomic E-state index is -3.46. The molecule has 132 valence electrons. The second-order valence-electron chi connectivity index (χ2n) is 6.64. The number of hydrogen-bond donors (Lipinski definition) is 2. The number of nitrogens with zero attached hydrogens (tertiary/aromatic N) is 1. The van der Waals surface area contributed by atoms with Gasteiger partial charge in [-0.15, -0.1) is 0 Å². The van der Waals surface area contributed by atoms with Gasteiger partial charge in [-0.1, -0.05) is 20.4 Å². The zero-order valence-electron chi connectivity index (χ0n) is 14.1. The smallest absolute Gasteiger partial charge is 0.293 e.